The Morgan fingerprint density at radius 2 is 1.48 bits per heavy atom. The van der Waals surface area contributed by atoms with Gasteiger partial charge in [-0.3, -0.25) is 19.2 Å². The summed E-state index contributed by atoms with van der Waals surface area (Å²) < 4.78 is 5.59. The van der Waals surface area contributed by atoms with Gasteiger partial charge in [-0.1, -0.05) is 48.5 Å². The molecule has 2 aromatic carbocycles. The highest BCUT2D eigenvalue weighted by Crippen LogP contribution is 2.46. The minimum absolute atomic E-state index is 0.00998. The number of ketones is 3. The molecular formula is C24H20O5. The molecule has 0 fully saturated rings. The average Bonchev–Trinajstić information content (AvgIpc) is 2.97. The minimum Gasteiger partial charge on any atom is -0.459 e. The Morgan fingerprint density at radius 3 is 2.10 bits per heavy atom. The van der Waals surface area contributed by atoms with Crippen molar-refractivity contribution in [3.8, 4) is 0 Å². The summed E-state index contributed by atoms with van der Waals surface area (Å²) in [5.41, 5.74) is -1.35. The summed E-state index contributed by atoms with van der Waals surface area (Å²) in [5.74, 6) is -2.21. The number of ether oxygens (including phenoxy) is 1. The molecule has 2 aliphatic carbocycles. The third-order valence-electron chi connectivity index (χ3n) is 5.27. The molecule has 5 nitrogen and oxygen atoms in total. The zero-order valence-electron chi connectivity index (χ0n) is 16.4. The number of esters is 1. The highest BCUT2D eigenvalue weighted by Gasteiger charge is 2.58. The Labute approximate surface area is 168 Å². The number of carbonyl (C=O) groups excluding carboxylic acids is 4. The lowest BCUT2D eigenvalue weighted by atomic mass is 9.70. The Bertz CT molecular complexity index is 1120. The van der Waals surface area contributed by atoms with Crippen LogP contribution in [0.1, 0.15) is 57.4 Å². The summed E-state index contributed by atoms with van der Waals surface area (Å²) in [6, 6.07) is 13.3. The lowest BCUT2D eigenvalue weighted by Crippen LogP contribution is -2.46. The molecular weight excluding hydrogens is 368 g/mol. The maximum absolute atomic E-state index is 13.5. The van der Waals surface area contributed by atoms with Crippen molar-refractivity contribution in [3.63, 3.8) is 0 Å². The van der Waals surface area contributed by atoms with Gasteiger partial charge >= 0.3 is 5.97 Å². The van der Waals surface area contributed by atoms with Gasteiger partial charge in [0.25, 0.3) is 0 Å². The van der Waals surface area contributed by atoms with Crippen LogP contribution >= 0.6 is 0 Å². The van der Waals surface area contributed by atoms with Crippen LogP contribution in [-0.2, 0) is 16.0 Å². The van der Waals surface area contributed by atoms with Gasteiger partial charge in [-0.05, 0) is 32.4 Å². The first-order valence-electron chi connectivity index (χ1n) is 9.41. The van der Waals surface area contributed by atoms with E-state index in [-0.39, 0.29) is 23.1 Å². The monoisotopic (exact) mass is 388 g/mol. The minimum atomic E-state index is -1.86. The average molecular weight is 388 g/mol. The van der Waals surface area contributed by atoms with E-state index in [9.17, 15) is 19.2 Å². The van der Waals surface area contributed by atoms with E-state index in [2.05, 4.69) is 0 Å². The van der Waals surface area contributed by atoms with Crippen LogP contribution in [0.5, 0.6) is 0 Å². The van der Waals surface area contributed by atoms with Gasteiger partial charge in [-0.2, -0.15) is 0 Å². The second-order valence-electron chi connectivity index (χ2n) is 8.37. The lowest BCUT2D eigenvalue weighted by Gasteiger charge is -2.32. The second kappa shape index (κ2) is 6.34. The van der Waals surface area contributed by atoms with Crippen molar-refractivity contribution in [1.82, 2.24) is 0 Å². The van der Waals surface area contributed by atoms with Gasteiger partial charge in [-0.25, -0.2) is 0 Å². The summed E-state index contributed by atoms with van der Waals surface area (Å²) in [5, 5.41) is 0. The van der Waals surface area contributed by atoms with E-state index in [0.717, 1.165) is 6.08 Å². The molecule has 0 saturated carbocycles. The van der Waals surface area contributed by atoms with Crippen molar-refractivity contribution >= 4 is 23.3 Å². The predicted octanol–water partition coefficient (Wildman–Crippen LogP) is 3.76. The molecule has 4 rings (SSSR count). The number of rotatable bonds is 2. The second-order valence-corrected chi connectivity index (χ2v) is 8.37. The fraction of sp³-hybridized carbons (Fsp3) is 0.250. The molecule has 0 radical (unpaired) electrons. The Morgan fingerprint density at radius 1 is 0.897 bits per heavy atom. The number of hydrogen-bond donors (Lipinski definition) is 0. The standard InChI is InChI=1S/C24H20O5/c1-23(2,3)29-22(28)24(13-14-8-4-5-9-15(14)21(24)27)18-12-19(25)16-10-6-7-11-17(16)20(18)26/h4-12H,13H2,1-3H3. The van der Waals surface area contributed by atoms with Crippen molar-refractivity contribution in [2.24, 2.45) is 5.41 Å². The molecule has 0 heterocycles. The van der Waals surface area contributed by atoms with Crippen molar-refractivity contribution in [2.45, 2.75) is 32.8 Å². The molecule has 2 aromatic rings. The quantitative estimate of drug-likeness (QED) is 0.578. The van der Waals surface area contributed by atoms with Crippen LogP contribution in [0.15, 0.2) is 60.2 Å². The van der Waals surface area contributed by atoms with Gasteiger partial charge in [0, 0.05) is 28.7 Å². The van der Waals surface area contributed by atoms with E-state index in [1.807, 2.05) is 0 Å². The number of fused-ring (bicyclic) bond motifs is 2. The summed E-state index contributed by atoms with van der Waals surface area (Å²) in [6.07, 6.45) is 1.13. The molecule has 146 valence electrons. The van der Waals surface area contributed by atoms with E-state index in [4.69, 9.17) is 4.74 Å². The number of carbonyl (C=O) groups is 4. The molecule has 0 spiro atoms. The molecule has 5 heteroatoms. The maximum atomic E-state index is 13.5. The first kappa shape index (κ1) is 19.0. The molecule has 0 aliphatic heterocycles. The third-order valence-corrected chi connectivity index (χ3v) is 5.27. The molecule has 0 saturated heterocycles. The van der Waals surface area contributed by atoms with Crippen LogP contribution in [0.3, 0.4) is 0 Å². The summed E-state index contributed by atoms with van der Waals surface area (Å²) in [4.78, 5) is 53.0. The molecule has 0 aromatic heterocycles. The van der Waals surface area contributed by atoms with Gasteiger partial charge in [0.05, 0.1) is 0 Å². The van der Waals surface area contributed by atoms with Crippen LogP contribution in [-0.4, -0.2) is 28.9 Å². The highest BCUT2D eigenvalue weighted by atomic mass is 16.6. The zero-order valence-corrected chi connectivity index (χ0v) is 16.4. The summed E-state index contributed by atoms with van der Waals surface area (Å²) >= 11 is 0. The van der Waals surface area contributed by atoms with Crippen LogP contribution in [0.4, 0.5) is 0 Å². The molecule has 2 aliphatic rings. The first-order chi connectivity index (χ1) is 13.6. The Kier molecular flexibility index (Phi) is 4.15. The van der Waals surface area contributed by atoms with Crippen molar-refractivity contribution < 1.29 is 23.9 Å². The number of Topliss-reactive ketones (excluding diaryl/α,β-unsaturated/α-hetero) is 2. The van der Waals surface area contributed by atoms with Gasteiger partial charge in [0.2, 0.25) is 0 Å². The van der Waals surface area contributed by atoms with Crippen LogP contribution in [0, 0.1) is 5.41 Å². The summed E-state index contributed by atoms with van der Waals surface area (Å²) in [7, 11) is 0. The van der Waals surface area contributed by atoms with E-state index in [1.165, 1.54) is 6.07 Å². The van der Waals surface area contributed by atoms with Crippen molar-refractivity contribution in [3.05, 3.63) is 82.4 Å². The first-order valence-corrected chi connectivity index (χ1v) is 9.41. The van der Waals surface area contributed by atoms with Gasteiger partial charge < -0.3 is 4.74 Å². The molecule has 0 bridgehead atoms. The van der Waals surface area contributed by atoms with Crippen LogP contribution < -0.4 is 0 Å². The predicted molar refractivity (Wildman–Crippen MR) is 106 cm³/mol. The molecule has 1 atom stereocenters. The molecule has 29 heavy (non-hydrogen) atoms. The maximum Gasteiger partial charge on any atom is 0.325 e. The van der Waals surface area contributed by atoms with Crippen LogP contribution in [0.2, 0.25) is 0 Å². The fourth-order valence-electron chi connectivity index (χ4n) is 3.98. The zero-order chi connectivity index (χ0) is 21.0. The SMILES string of the molecule is CC(C)(C)OC(=O)C1(C2=CC(=O)c3ccccc3C2=O)Cc2ccccc2C1=O. The van der Waals surface area contributed by atoms with E-state index in [1.54, 1.807) is 63.2 Å². The van der Waals surface area contributed by atoms with E-state index in [0.29, 0.717) is 11.1 Å². The number of benzene rings is 2. The summed E-state index contributed by atoms with van der Waals surface area (Å²) in [6.45, 7) is 5.09. The van der Waals surface area contributed by atoms with E-state index >= 15 is 0 Å². The van der Waals surface area contributed by atoms with Crippen LogP contribution in [0.25, 0.3) is 0 Å². The van der Waals surface area contributed by atoms with Gasteiger partial charge in [-0.15, -0.1) is 0 Å². The van der Waals surface area contributed by atoms with Crippen molar-refractivity contribution in [2.75, 3.05) is 0 Å². The van der Waals surface area contributed by atoms with Crippen molar-refractivity contribution in [1.29, 1.82) is 0 Å². The Balaban J connectivity index is 1.92. The molecule has 0 amide bonds. The lowest BCUT2D eigenvalue weighted by molar-refractivity contribution is -0.162. The number of allylic oxidation sites excluding steroid dienone is 1. The van der Waals surface area contributed by atoms with E-state index < -0.39 is 34.3 Å². The third kappa shape index (κ3) is 2.85. The van der Waals surface area contributed by atoms with Gasteiger partial charge in [0.1, 0.15) is 5.60 Å². The number of hydrogen-bond acceptors (Lipinski definition) is 5. The normalized spacial score (nSPS) is 20.8. The molecule has 0 N–H and O–H groups in total. The largest absolute Gasteiger partial charge is 0.459 e. The van der Waals surface area contributed by atoms with Gasteiger partial charge in [0.15, 0.2) is 22.8 Å². The highest BCUT2D eigenvalue weighted by molar-refractivity contribution is 6.32. The smallest absolute Gasteiger partial charge is 0.325 e. The fourth-order valence-corrected chi connectivity index (χ4v) is 3.98. The topological polar surface area (TPSA) is 77.5 Å². The Hall–Kier alpha value is -3.34. The molecule has 1 unspecified atom stereocenters.